The summed E-state index contributed by atoms with van der Waals surface area (Å²) in [5.74, 6) is -0.325. The summed E-state index contributed by atoms with van der Waals surface area (Å²) in [6.07, 6.45) is 0. The van der Waals surface area contributed by atoms with Crippen LogP contribution in [0.15, 0.2) is 15.4 Å². The van der Waals surface area contributed by atoms with Gasteiger partial charge in [-0.15, -0.1) is 0 Å². The molecule has 7 nitrogen and oxygen atoms in total. The van der Waals surface area contributed by atoms with E-state index in [9.17, 15) is 9.59 Å². The number of hydrogen-bond donors (Lipinski definition) is 0. The Bertz CT molecular complexity index is 605. The molecular weight excluding hydrogens is 331 g/mol. The Balaban J connectivity index is 2.31. The molecule has 0 fully saturated rings. The molecule has 0 aliphatic heterocycles. The van der Waals surface area contributed by atoms with Crippen LogP contribution in [0.4, 0.5) is 0 Å². The first-order valence-corrected chi connectivity index (χ1v) is 7.58. The fourth-order valence-corrected chi connectivity index (χ4v) is 2.42. The number of carbonyl (C=O) groups excluding carboxylic acids is 2. The predicted octanol–water partition coefficient (Wildman–Crippen LogP) is 1.03. The van der Waals surface area contributed by atoms with Gasteiger partial charge < -0.3 is 0 Å². The van der Waals surface area contributed by atoms with Gasteiger partial charge in [0.15, 0.2) is 0 Å². The molecule has 0 aliphatic rings. The Kier molecular flexibility index (Phi) is 4.70. The zero-order chi connectivity index (χ0) is 14.5. The number of hydrogen-bond acceptors (Lipinski definition) is 7. The van der Waals surface area contributed by atoms with Crippen LogP contribution in [-0.4, -0.2) is 42.5 Å². The predicted molar refractivity (Wildman–Crippen MR) is 68.1 cm³/mol. The normalized spacial score (nSPS) is 10.3. The van der Waals surface area contributed by atoms with Crippen molar-refractivity contribution in [1.82, 2.24) is 9.19 Å². The number of furan rings is 1. The number of rotatable bonds is 5. The van der Waals surface area contributed by atoms with Gasteiger partial charge >= 0.3 is 120 Å². The van der Waals surface area contributed by atoms with Crippen molar-refractivity contribution in [2.45, 2.75) is 20.5 Å². The van der Waals surface area contributed by atoms with Gasteiger partial charge in [0.05, 0.1) is 0 Å². The zero-order valence-corrected chi connectivity index (χ0v) is 12.6. The van der Waals surface area contributed by atoms with Gasteiger partial charge in [-0.2, -0.15) is 0 Å². The first kappa shape index (κ1) is 14.5. The number of esters is 2. The van der Waals surface area contributed by atoms with Crippen LogP contribution in [0.2, 0.25) is 0 Å². The van der Waals surface area contributed by atoms with E-state index in [4.69, 9.17) is 13.9 Å². The molecule has 0 spiro atoms. The standard InChI is InChI=1S/C12H12N2O5Se/c1-3-17-12(16)8-4-10(9-6-20-14-13-9)19-11(8)5-18-7(2)15/h4,6H,3,5H2,1-2H3. The van der Waals surface area contributed by atoms with Crippen molar-refractivity contribution < 1.29 is 23.5 Å². The van der Waals surface area contributed by atoms with Crippen molar-refractivity contribution in [2.24, 2.45) is 0 Å². The summed E-state index contributed by atoms with van der Waals surface area (Å²) in [4.78, 5) is 24.5. The summed E-state index contributed by atoms with van der Waals surface area (Å²) in [5, 5.41) is 3.92. The van der Waals surface area contributed by atoms with E-state index in [1.54, 1.807) is 6.92 Å². The average Bonchev–Trinajstić information content (AvgIpc) is 3.05. The molecule has 0 unspecified atom stereocenters. The summed E-state index contributed by atoms with van der Waals surface area (Å²) in [6, 6.07) is 1.53. The zero-order valence-electron chi connectivity index (χ0n) is 10.9. The monoisotopic (exact) mass is 344 g/mol. The van der Waals surface area contributed by atoms with Crippen LogP contribution < -0.4 is 0 Å². The third-order valence-electron chi connectivity index (χ3n) is 2.32. The minimum atomic E-state index is -0.523. The number of nitrogens with zero attached hydrogens (tertiary/aromatic N) is 2. The van der Waals surface area contributed by atoms with Crippen molar-refractivity contribution in [1.29, 1.82) is 0 Å². The molecule has 2 aromatic rings. The number of carbonyl (C=O) groups is 2. The van der Waals surface area contributed by atoms with Gasteiger partial charge in [-0.1, -0.05) is 0 Å². The Morgan fingerprint density at radius 1 is 1.40 bits per heavy atom. The Morgan fingerprint density at radius 2 is 2.20 bits per heavy atom. The van der Waals surface area contributed by atoms with E-state index in [1.807, 2.05) is 4.94 Å². The van der Waals surface area contributed by atoms with Gasteiger partial charge in [0.1, 0.15) is 0 Å². The number of ether oxygens (including phenoxy) is 2. The maximum absolute atomic E-state index is 11.8. The average molecular weight is 343 g/mol. The maximum atomic E-state index is 11.8. The van der Waals surface area contributed by atoms with Crippen molar-refractivity contribution >= 4 is 26.7 Å². The van der Waals surface area contributed by atoms with E-state index in [1.165, 1.54) is 13.0 Å². The van der Waals surface area contributed by atoms with Crippen LogP contribution in [0.25, 0.3) is 11.5 Å². The molecule has 0 aromatic carbocycles. The van der Waals surface area contributed by atoms with Crippen LogP contribution in [0.5, 0.6) is 0 Å². The second kappa shape index (κ2) is 6.49. The molecule has 0 atom stereocenters. The molecule has 0 saturated heterocycles. The fraction of sp³-hybridized carbons (Fsp3) is 0.333. The second-order valence-electron chi connectivity index (χ2n) is 3.74. The molecule has 0 saturated carbocycles. The summed E-state index contributed by atoms with van der Waals surface area (Å²) in [6.45, 7) is 3.11. The SMILES string of the molecule is CCOC(=O)c1cc(-c2c[se]nn2)oc1COC(C)=O. The molecule has 2 heterocycles. The van der Waals surface area contributed by atoms with Gasteiger partial charge in [-0.25, -0.2) is 0 Å². The summed E-state index contributed by atoms with van der Waals surface area (Å²) >= 11 is -0.0394. The van der Waals surface area contributed by atoms with Gasteiger partial charge in [-0.05, 0) is 0 Å². The van der Waals surface area contributed by atoms with Crippen molar-refractivity contribution in [3.05, 3.63) is 22.3 Å². The van der Waals surface area contributed by atoms with E-state index in [0.717, 1.165) is 0 Å². The van der Waals surface area contributed by atoms with Crippen LogP contribution in [0, 0.1) is 0 Å². The summed E-state index contributed by atoms with van der Waals surface area (Å²) < 4.78 is 19.2. The topological polar surface area (TPSA) is 91.5 Å². The molecule has 20 heavy (non-hydrogen) atoms. The first-order chi connectivity index (χ1) is 9.61. The van der Waals surface area contributed by atoms with Crippen LogP contribution in [0.3, 0.4) is 0 Å². The molecule has 0 N–H and O–H groups in total. The van der Waals surface area contributed by atoms with Gasteiger partial charge in [0.25, 0.3) is 0 Å². The van der Waals surface area contributed by atoms with E-state index < -0.39 is 11.9 Å². The molecule has 8 heteroatoms. The third-order valence-corrected chi connectivity index (χ3v) is 3.38. The molecule has 106 valence electrons. The molecule has 0 aliphatic carbocycles. The third kappa shape index (κ3) is 3.34. The van der Waals surface area contributed by atoms with Crippen molar-refractivity contribution in [3.8, 4) is 11.5 Å². The Labute approximate surface area is 120 Å². The molecule has 0 bridgehead atoms. The van der Waals surface area contributed by atoms with Crippen LogP contribution >= 0.6 is 0 Å². The molecular formula is C12H12N2O5Se. The van der Waals surface area contributed by atoms with E-state index >= 15 is 0 Å². The molecule has 2 aromatic heterocycles. The van der Waals surface area contributed by atoms with Crippen LogP contribution in [-0.2, 0) is 20.9 Å². The fourth-order valence-electron chi connectivity index (χ4n) is 1.48. The molecule has 0 radical (unpaired) electrons. The second-order valence-corrected chi connectivity index (χ2v) is 5.02. The van der Waals surface area contributed by atoms with E-state index in [2.05, 4.69) is 9.19 Å². The van der Waals surface area contributed by atoms with E-state index in [-0.39, 0.29) is 39.3 Å². The van der Waals surface area contributed by atoms with Gasteiger partial charge in [0.2, 0.25) is 0 Å². The summed E-state index contributed by atoms with van der Waals surface area (Å²) in [7, 11) is 0. The Morgan fingerprint density at radius 3 is 2.80 bits per heavy atom. The van der Waals surface area contributed by atoms with Crippen molar-refractivity contribution in [3.63, 3.8) is 0 Å². The number of aromatic nitrogens is 2. The molecule has 0 amide bonds. The van der Waals surface area contributed by atoms with Gasteiger partial charge in [0, 0.05) is 0 Å². The molecule has 2 rings (SSSR count). The quantitative estimate of drug-likeness (QED) is 0.591. The van der Waals surface area contributed by atoms with Crippen LogP contribution in [0.1, 0.15) is 30.0 Å². The van der Waals surface area contributed by atoms with E-state index in [0.29, 0.717) is 11.5 Å². The van der Waals surface area contributed by atoms with Gasteiger partial charge in [-0.3, -0.25) is 0 Å². The Hall–Kier alpha value is -1.92. The first-order valence-electron chi connectivity index (χ1n) is 5.82. The summed E-state index contributed by atoms with van der Waals surface area (Å²) in [5.41, 5.74) is 0.809. The van der Waals surface area contributed by atoms with Crippen molar-refractivity contribution in [2.75, 3.05) is 6.61 Å². The minimum absolute atomic E-state index is 0.0394.